The Morgan fingerprint density at radius 3 is 1.59 bits per heavy atom. The smallest absolute Gasteiger partial charge is 0.160 e. The van der Waals surface area contributed by atoms with Crippen LogP contribution in [0, 0.1) is 0 Å². The van der Waals surface area contributed by atoms with Crippen molar-refractivity contribution in [3.63, 3.8) is 0 Å². The first-order valence-electron chi connectivity index (χ1n) is 13.2. The Labute approximate surface area is 228 Å². The fourth-order valence-electron chi connectivity index (χ4n) is 5.46. The molecule has 2 heterocycles. The summed E-state index contributed by atoms with van der Waals surface area (Å²) >= 11 is 0. The van der Waals surface area contributed by atoms with Crippen LogP contribution in [0.4, 0.5) is 0 Å². The van der Waals surface area contributed by atoms with E-state index in [1.165, 1.54) is 0 Å². The van der Waals surface area contributed by atoms with E-state index < -0.39 is 0 Å². The standard InChI is InChI=1S/C35H26N4/c1-35(2)28-22-36-34(27-21-13-12-20-26(27)23-14-6-3-7-15-23)39-31(28)32-33(35)38-30(25-18-10-5-11-19-25)29(37-32)24-16-8-4-9-17-24/h3-22H,1-2H3. The average molecular weight is 503 g/mol. The van der Waals surface area contributed by atoms with Crippen LogP contribution in [0.25, 0.3) is 56.4 Å². The van der Waals surface area contributed by atoms with Gasteiger partial charge in [-0.2, -0.15) is 0 Å². The maximum atomic E-state index is 5.30. The van der Waals surface area contributed by atoms with Crippen LogP contribution in [-0.2, 0) is 5.41 Å². The van der Waals surface area contributed by atoms with Gasteiger partial charge in [-0.3, -0.25) is 0 Å². The lowest BCUT2D eigenvalue weighted by Crippen LogP contribution is -2.18. The SMILES string of the molecule is CC1(C)c2cnc(-c3ccccc3-c3ccccc3)nc2-c2nc(-c3ccccc3)c(-c3ccccc3)nc21. The Balaban J connectivity index is 1.45. The van der Waals surface area contributed by atoms with Crippen molar-refractivity contribution in [3.8, 4) is 56.4 Å². The van der Waals surface area contributed by atoms with Crippen LogP contribution in [-0.4, -0.2) is 19.9 Å². The molecule has 39 heavy (non-hydrogen) atoms. The van der Waals surface area contributed by atoms with Crippen LogP contribution in [0.3, 0.4) is 0 Å². The van der Waals surface area contributed by atoms with Gasteiger partial charge in [-0.25, -0.2) is 19.9 Å². The highest BCUT2D eigenvalue weighted by molar-refractivity contribution is 5.85. The van der Waals surface area contributed by atoms with Crippen molar-refractivity contribution in [1.82, 2.24) is 19.9 Å². The van der Waals surface area contributed by atoms with Crippen molar-refractivity contribution in [2.24, 2.45) is 0 Å². The van der Waals surface area contributed by atoms with Crippen LogP contribution in [0.1, 0.15) is 25.1 Å². The molecule has 2 aromatic heterocycles. The minimum atomic E-state index is -0.381. The number of hydrogen-bond acceptors (Lipinski definition) is 4. The van der Waals surface area contributed by atoms with Crippen molar-refractivity contribution in [1.29, 1.82) is 0 Å². The Kier molecular flexibility index (Phi) is 5.41. The van der Waals surface area contributed by atoms with E-state index >= 15 is 0 Å². The number of nitrogens with zero attached hydrogens (tertiary/aromatic N) is 4. The van der Waals surface area contributed by atoms with Gasteiger partial charge in [0.05, 0.1) is 22.8 Å². The van der Waals surface area contributed by atoms with Crippen molar-refractivity contribution in [2.75, 3.05) is 0 Å². The van der Waals surface area contributed by atoms with Crippen LogP contribution >= 0.6 is 0 Å². The van der Waals surface area contributed by atoms with Crippen LogP contribution in [0.2, 0.25) is 0 Å². The van der Waals surface area contributed by atoms with Gasteiger partial charge in [0.1, 0.15) is 5.69 Å². The Morgan fingerprint density at radius 1 is 0.462 bits per heavy atom. The molecule has 4 nitrogen and oxygen atoms in total. The molecule has 4 aromatic carbocycles. The molecule has 0 fully saturated rings. The molecular weight excluding hydrogens is 476 g/mol. The molecule has 0 amide bonds. The molecule has 0 saturated carbocycles. The van der Waals surface area contributed by atoms with E-state index in [1.807, 2.05) is 54.7 Å². The molecule has 0 aliphatic heterocycles. The first-order chi connectivity index (χ1) is 19.1. The third kappa shape index (κ3) is 3.84. The lowest BCUT2D eigenvalue weighted by molar-refractivity contribution is 0.632. The fraction of sp³-hybridized carbons (Fsp3) is 0.0857. The Bertz CT molecular complexity index is 1810. The van der Waals surface area contributed by atoms with Crippen molar-refractivity contribution in [2.45, 2.75) is 19.3 Å². The summed E-state index contributed by atoms with van der Waals surface area (Å²) in [5.74, 6) is 0.687. The number of fused-ring (bicyclic) bond motifs is 3. The summed E-state index contributed by atoms with van der Waals surface area (Å²) < 4.78 is 0. The third-order valence-corrected chi connectivity index (χ3v) is 7.52. The number of rotatable bonds is 4. The van der Waals surface area contributed by atoms with Gasteiger partial charge in [0.25, 0.3) is 0 Å². The van der Waals surface area contributed by atoms with Crippen molar-refractivity contribution < 1.29 is 0 Å². The maximum Gasteiger partial charge on any atom is 0.160 e. The topological polar surface area (TPSA) is 51.6 Å². The molecule has 0 saturated heterocycles. The zero-order chi connectivity index (χ0) is 26.4. The van der Waals surface area contributed by atoms with Gasteiger partial charge in [-0.1, -0.05) is 115 Å². The first kappa shape index (κ1) is 23.2. The molecule has 0 spiro atoms. The third-order valence-electron chi connectivity index (χ3n) is 7.52. The predicted octanol–water partition coefficient (Wildman–Crippen LogP) is 8.24. The molecule has 7 rings (SSSR count). The zero-order valence-corrected chi connectivity index (χ0v) is 21.8. The summed E-state index contributed by atoms with van der Waals surface area (Å²) in [6, 6.07) is 39.3. The largest absolute Gasteiger partial charge is 0.247 e. The average Bonchev–Trinajstić information content (AvgIpc) is 3.23. The van der Waals surface area contributed by atoms with Gasteiger partial charge in [0.15, 0.2) is 5.82 Å². The summed E-state index contributed by atoms with van der Waals surface area (Å²) in [4.78, 5) is 20.7. The van der Waals surface area contributed by atoms with E-state index in [4.69, 9.17) is 19.9 Å². The van der Waals surface area contributed by atoms with Gasteiger partial charge in [-0.05, 0) is 25.0 Å². The van der Waals surface area contributed by atoms with Gasteiger partial charge in [0, 0.05) is 33.9 Å². The molecule has 0 radical (unpaired) electrons. The molecule has 0 N–H and O–H groups in total. The van der Waals surface area contributed by atoms with Crippen molar-refractivity contribution in [3.05, 3.63) is 133 Å². The molecule has 0 bridgehead atoms. The van der Waals surface area contributed by atoms with Gasteiger partial charge in [0.2, 0.25) is 0 Å². The maximum absolute atomic E-state index is 5.30. The molecule has 0 atom stereocenters. The molecule has 186 valence electrons. The van der Waals surface area contributed by atoms with Crippen LogP contribution < -0.4 is 0 Å². The zero-order valence-electron chi connectivity index (χ0n) is 21.8. The second kappa shape index (κ2) is 9.10. The minimum absolute atomic E-state index is 0.381. The van der Waals surface area contributed by atoms with E-state index in [9.17, 15) is 0 Å². The van der Waals surface area contributed by atoms with E-state index in [0.717, 1.165) is 61.9 Å². The summed E-state index contributed by atoms with van der Waals surface area (Å²) in [5.41, 5.74) is 10.3. The summed E-state index contributed by atoms with van der Waals surface area (Å²) in [7, 11) is 0. The van der Waals surface area contributed by atoms with E-state index in [1.54, 1.807) is 0 Å². The molecule has 6 aromatic rings. The normalized spacial score (nSPS) is 13.1. The predicted molar refractivity (Wildman–Crippen MR) is 157 cm³/mol. The highest BCUT2D eigenvalue weighted by atomic mass is 15.0. The fourth-order valence-corrected chi connectivity index (χ4v) is 5.46. The Morgan fingerprint density at radius 2 is 0.974 bits per heavy atom. The Hall–Kier alpha value is -4.96. The summed E-state index contributed by atoms with van der Waals surface area (Å²) in [5, 5.41) is 0. The summed E-state index contributed by atoms with van der Waals surface area (Å²) in [6.07, 6.45) is 1.97. The van der Waals surface area contributed by atoms with Gasteiger partial charge >= 0.3 is 0 Å². The molecule has 0 unspecified atom stereocenters. The summed E-state index contributed by atoms with van der Waals surface area (Å²) in [6.45, 7) is 4.37. The van der Waals surface area contributed by atoms with E-state index in [-0.39, 0.29) is 5.41 Å². The van der Waals surface area contributed by atoms with Crippen LogP contribution in [0.5, 0.6) is 0 Å². The first-order valence-corrected chi connectivity index (χ1v) is 13.2. The second-order valence-electron chi connectivity index (χ2n) is 10.3. The molecule has 4 heteroatoms. The minimum Gasteiger partial charge on any atom is -0.247 e. The number of hydrogen-bond donors (Lipinski definition) is 0. The molecule has 1 aliphatic carbocycles. The number of aromatic nitrogens is 4. The second-order valence-corrected chi connectivity index (χ2v) is 10.3. The van der Waals surface area contributed by atoms with Crippen molar-refractivity contribution >= 4 is 0 Å². The monoisotopic (exact) mass is 502 g/mol. The number of benzene rings is 4. The van der Waals surface area contributed by atoms with Gasteiger partial charge in [-0.15, -0.1) is 0 Å². The van der Waals surface area contributed by atoms with E-state index in [0.29, 0.717) is 5.82 Å². The van der Waals surface area contributed by atoms with Gasteiger partial charge < -0.3 is 0 Å². The lowest BCUT2D eigenvalue weighted by Gasteiger charge is -2.20. The van der Waals surface area contributed by atoms with E-state index in [2.05, 4.69) is 80.6 Å². The lowest BCUT2D eigenvalue weighted by atomic mass is 9.86. The molecular formula is C35H26N4. The van der Waals surface area contributed by atoms with Crippen LogP contribution in [0.15, 0.2) is 121 Å². The quantitative estimate of drug-likeness (QED) is 0.244. The molecule has 1 aliphatic rings. The highest BCUT2D eigenvalue weighted by Crippen LogP contribution is 2.48. The highest BCUT2D eigenvalue weighted by Gasteiger charge is 2.41.